The first-order valence-electron chi connectivity index (χ1n) is 5.04. The molecular weight excluding hydrogens is 210 g/mol. The molecule has 0 amide bonds. The van der Waals surface area contributed by atoms with Gasteiger partial charge in [0, 0.05) is 6.20 Å². The Morgan fingerprint density at radius 2 is 2.27 bits per heavy atom. The molecule has 1 aliphatic rings. The van der Waals surface area contributed by atoms with Gasteiger partial charge in [-0.25, -0.2) is 4.98 Å². The van der Waals surface area contributed by atoms with Gasteiger partial charge in [-0.15, -0.1) is 0 Å². The minimum atomic E-state index is -0.267. The van der Waals surface area contributed by atoms with Crippen LogP contribution in [0.1, 0.15) is 24.1 Å². The van der Waals surface area contributed by atoms with Crippen molar-refractivity contribution in [1.82, 2.24) is 9.38 Å². The topological polar surface area (TPSA) is 43.3 Å². The molecule has 0 aromatic carbocycles. The van der Waals surface area contributed by atoms with E-state index in [1.165, 1.54) is 5.56 Å². The maximum absolute atomic E-state index is 6.25. The van der Waals surface area contributed by atoms with E-state index in [-0.39, 0.29) is 5.54 Å². The molecule has 2 heterocycles. The predicted octanol–water partition coefficient (Wildman–Crippen LogP) is 2.24. The molecule has 2 N–H and O–H groups in total. The maximum atomic E-state index is 6.25. The summed E-state index contributed by atoms with van der Waals surface area (Å²) in [6.45, 7) is 2.04. The molecule has 1 saturated carbocycles. The fourth-order valence-corrected chi connectivity index (χ4v) is 2.18. The lowest BCUT2D eigenvalue weighted by Gasteiger charge is -2.03. The van der Waals surface area contributed by atoms with Crippen LogP contribution in [0.3, 0.4) is 0 Å². The third kappa shape index (κ3) is 1.27. The summed E-state index contributed by atoms with van der Waals surface area (Å²) in [5.74, 6) is 0. The van der Waals surface area contributed by atoms with Gasteiger partial charge in [-0.1, -0.05) is 11.6 Å². The summed E-state index contributed by atoms with van der Waals surface area (Å²) in [7, 11) is 0. The van der Waals surface area contributed by atoms with Crippen LogP contribution in [0, 0.1) is 6.92 Å². The number of nitrogens with two attached hydrogens (primary N) is 1. The van der Waals surface area contributed by atoms with Gasteiger partial charge >= 0.3 is 0 Å². The molecule has 0 radical (unpaired) electrons. The van der Waals surface area contributed by atoms with Crippen LogP contribution in [0.15, 0.2) is 18.3 Å². The van der Waals surface area contributed by atoms with E-state index >= 15 is 0 Å². The fourth-order valence-electron chi connectivity index (χ4n) is 1.80. The van der Waals surface area contributed by atoms with E-state index in [4.69, 9.17) is 17.3 Å². The Balaban J connectivity index is 2.29. The lowest BCUT2D eigenvalue weighted by Crippen LogP contribution is -2.19. The lowest BCUT2D eigenvalue weighted by molar-refractivity contribution is 0.715. The summed E-state index contributed by atoms with van der Waals surface area (Å²) >= 11 is 6.25. The van der Waals surface area contributed by atoms with Crippen LogP contribution in [0.25, 0.3) is 5.65 Å². The summed E-state index contributed by atoms with van der Waals surface area (Å²) in [5.41, 5.74) is 8.75. The van der Waals surface area contributed by atoms with E-state index in [0.717, 1.165) is 24.2 Å². The fraction of sp³-hybridized carbons (Fsp3) is 0.364. The zero-order valence-corrected chi connectivity index (χ0v) is 9.25. The normalized spacial score (nSPS) is 18.3. The largest absolute Gasteiger partial charge is 0.320 e. The standard InChI is InChI=1S/C11H12ClN3/c1-7-2-5-15-8(6-7)14-9(10(15)12)11(13)3-4-11/h2,5-6H,3-4,13H2,1H3. The molecule has 78 valence electrons. The number of nitrogens with zero attached hydrogens (tertiary/aromatic N) is 2. The smallest absolute Gasteiger partial charge is 0.138 e. The second kappa shape index (κ2) is 2.74. The van der Waals surface area contributed by atoms with Crippen molar-refractivity contribution in [3.63, 3.8) is 0 Å². The van der Waals surface area contributed by atoms with Gasteiger partial charge in [0.15, 0.2) is 0 Å². The van der Waals surface area contributed by atoms with Crippen molar-refractivity contribution in [2.45, 2.75) is 25.3 Å². The van der Waals surface area contributed by atoms with Gasteiger partial charge in [-0.05, 0) is 37.5 Å². The number of aromatic nitrogens is 2. The van der Waals surface area contributed by atoms with Gasteiger partial charge in [0.2, 0.25) is 0 Å². The molecule has 1 fully saturated rings. The summed E-state index contributed by atoms with van der Waals surface area (Å²) in [5, 5.41) is 0.657. The van der Waals surface area contributed by atoms with Crippen molar-refractivity contribution >= 4 is 17.2 Å². The van der Waals surface area contributed by atoms with E-state index in [1.54, 1.807) is 0 Å². The van der Waals surface area contributed by atoms with E-state index in [9.17, 15) is 0 Å². The summed E-state index contributed by atoms with van der Waals surface area (Å²) < 4.78 is 1.89. The number of hydrogen-bond acceptors (Lipinski definition) is 2. The zero-order valence-electron chi connectivity index (χ0n) is 8.50. The van der Waals surface area contributed by atoms with Gasteiger partial charge in [0.1, 0.15) is 10.8 Å². The first-order valence-corrected chi connectivity index (χ1v) is 5.41. The Hall–Kier alpha value is -1.06. The third-order valence-electron chi connectivity index (χ3n) is 2.98. The first-order chi connectivity index (χ1) is 7.10. The summed E-state index contributed by atoms with van der Waals surface area (Å²) in [6.07, 6.45) is 3.90. The first kappa shape index (κ1) is 9.19. The van der Waals surface area contributed by atoms with Crippen molar-refractivity contribution in [1.29, 1.82) is 0 Å². The van der Waals surface area contributed by atoms with Crippen molar-refractivity contribution in [3.05, 3.63) is 34.7 Å². The lowest BCUT2D eigenvalue weighted by atomic mass is 10.2. The Morgan fingerprint density at radius 3 is 2.93 bits per heavy atom. The SMILES string of the molecule is Cc1ccn2c(Cl)c(C3(N)CC3)nc2c1. The molecule has 3 rings (SSSR count). The van der Waals surface area contributed by atoms with Crippen LogP contribution >= 0.6 is 11.6 Å². The Morgan fingerprint density at radius 1 is 1.53 bits per heavy atom. The third-order valence-corrected chi connectivity index (χ3v) is 3.34. The molecule has 0 spiro atoms. The van der Waals surface area contributed by atoms with Crippen LogP contribution in [0.4, 0.5) is 0 Å². The van der Waals surface area contributed by atoms with E-state index < -0.39 is 0 Å². The molecule has 3 nitrogen and oxygen atoms in total. The maximum Gasteiger partial charge on any atom is 0.138 e. The number of aryl methyl sites for hydroxylation is 1. The Bertz CT molecular complexity index is 540. The van der Waals surface area contributed by atoms with E-state index in [1.807, 2.05) is 29.7 Å². The molecule has 1 aliphatic carbocycles. The number of pyridine rings is 1. The van der Waals surface area contributed by atoms with Crippen LogP contribution in [0.2, 0.25) is 5.15 Å². The Kier molecular flexibility index (Phi) is 1.68. The second-order valence-corrected chi connectivity index (χ2v) is 4.70. The molecule has 0 bridgehead atoms. The highest BCUT2D eigenvalue weighted by Gasteiger charge is 2.44. The molecule has 0 saturated heterocycles. The van der Waals surface area contributed by atoms with E-state index in [2.05, 4.69) is 4.98 Å². The number of halogens is 1. The minimum Gasteiger partial charge on any atom is -0.320 e. The van der Waals surface area contributed by atoms with Crippen molar-refractivity contribution < 1.29 is 0 Å². The van der Waals surface area contributed by atoms with Gasteiger partial charge in [-0.3, -0.25) is 4.40 Å². The highest BCUT2D eigenvalue weighted by molar-refractivity contribution is 6.30. The average Bonchev–Trinajstić information content (AvgIpc) is 2.84. The number of rotatable bonds is 1. The molecule has 2 aromatic rings. The van der Waals surface area contributed by atoms with Crippen LogP contribution < -0.4 is 5.73 Å². The van der Waals surface area contributed by atoms with Gasteiger partial charge in [0.05, 0.1) is 11.2 Å². The van der Waals surface area contributed by atoms with E-state index in [0.29, 0.717) is 5.15 Å². The van der Waals surface area contributed by atoms with Crippen LogP contribution in [-0.2, 0) is 5.54 Å². The Labute approximate surface area is 92.9 Å². The molecule has 0 unspecified atom stereocenters. The predicted molar refractivity (Wildman–Crippen MR) is 60.0 cm³/mol. The highest BCUT2D eigenvalue weighted by atomic mass is 35.5. The number of imidazole rings is 1. The van der Waals surface area contributed by atoms with Crippen molar-refractivity contribution in [3.8, 4) is 0 Å². The van der Waals surface area contributed by atoms with Gasteiger partial charge in [0.25, 0.3) is 0 Å². The average molecular weight is 222 g/mol. The monoisotopic (exact) mass is 221 g/mol. The minimum absolute atomic E-state index is 0.267. The van der Waals surface area contributed by atoms with Gasteiger partial charge in [-0.2, -0.15) is 0 Å². The van der Waals surface area contributed by atoms with Crippen molar-refractivity contribution in [2.24, 2.45) is 5.73 Å². The molecule has 15 heavy (non-hydrogen) atoms. The molecular formula is C11H12ClN3. The highest BCUT2D eigenvalue weighted by Crippen LogP contribution is 2.45. The zero-order chi connectivity index (χ0) is 10.6. The molecule has 0 aliphatic heterocycles. The molecule has 2 aromatic heterocycles. The molecule has 0 atom stereocenters. The number of hydrogen-bond donors (Lipinski definition) is 1. The van der Waals surface area contributed by atoms with Crippen LogP contribution in [0.5, 0.6) is 0 Å². The van der Waals surface area contributed by atoms with Crippen LogP contribution in [-0.4, -0.2) is 9.38 Å². The number of fused-ring (bicyclic) bond motifs is 1. The molecule has 4 heteroatoms. The van der Waals surface area contributed by atoms with Gasteiger partial charge < -0.3 is 5.73 Å². The summed E-state index contributed by atoms with van der Waals surface area (Å²) in [6, 6.07) is 4.03. The second-order valence-electron chi connectivity index (χ2n) is 4.34. The summed E-state index contributed by atoms with van der Waals surface area (Å²) in [4.78, 5) is 4.51. The quantitative estimate of drug-likeness (QED) is 0.803. The van der Waals surface area contributed by atoms with Crippen molar-refractivity contribution in [2.75, 3.05) is 0 Å².